The van der Waals surface area contributed by atoms with Crippen molar-refractivity contribution in [3.63, 3.8) is 0 Å². The van der Waals surface area contributed by atoms with Crippen LogP contribution >= 0.6 is 0 Å². The van der Waals surface area contributed by atoms with Crippen LogP contribution in [0.5, 0.6) is 0 Å². The summed E-state index contributed by atoms with van der Waals surface area (Å²) >= 11 is 0. The van der Waals surface area contributed by atoms with Crippen molar-refractivity contribution in [3.05, 3.63) is 59.4 Å². The van der Waals surface area contributed by atoms with Gasteiger partial charge in [-0.3, -0.25) is 4.99 Å². The van der Waals surface area contributed by atoms with Crippen LogP contribution in [-0.4, -0.2) is 43.6 Å². The molecule has 1 aliphatic heterocycles. The van der Waals surface area contributed by atoms with Crippen molar-refractivity contribution in [3.8, 4) is 0 Å². The first-order valence-corrected chi connectivity index (χ1v) is 7.63. The van der Waals surface area contributed by atoms with E-state index in [0.29, 0.717) is 43.2 Å². The monoisotopic (exact) mass is 328 g/mol. The highest BCUT2D eigenvalue weighted by Crippen LogP contribution is 2.21. The molecule has 0 radical (unpaired) electrons. The van der Waals surface area contributed by atoms with Crippen LogP contribution in [0.15, 0.2) is 47.5 Å². The first-order chi connectivity index (χ1) is 11.6. The van der Waals surface area contributed by atoms with Crippen LogP contribution in [0.4, 0.5) is 15.8 Å². The largest absolute Gasteiger partial charge is 0.478 e. The van der Waals surface area contributed by atoms with E-state index in [1.54, 1.807) is 24.4 Å². The molecule has 0 saturated carbocycles. The highest BCUT2D eigenvalue weighted by Gasteiger charge is 2.14. The van der Waals surface area contributed by atoms with E-state index in [4.69, 9.17) is 9.84 Å². The van der Waals surface area contributed by atoms with E-state index >= 15 is 0 Å². The Kier molecular flexibility index (Phi) is 4.86. The van der Waals surface area contributed by atoms with Crippen molar-refractivity contribution in [1.82, 2.24) is 0 Å². The molecule has 124 valence electrons. The summed E-state index contributed by atoms with van der Waals surface area (Å²) < 4.78 is 19.6. The second-order valence-electron chi connectivity index (χ2n) is 5.42. The molecular formula is C18H17FN2O3. The van der Waals surface area contributed by atoms with Gasteiger partial charge in [-0.2, -0.15) is 0 Å². The predicted molar refractivity (Wildman–Crippen MR) is 90.1 cm³/mol. The number of carbonyl (C=O) groups is 1. The van der Waals surface area contributed by atoms with Gasteiger partial charge in [0.1, 0.15) is 5.82 Å². The maximum absolute atomic E-state index is 14.3. The van der Waals surface area contributed by atoms with Crippen molar-refractivity contribution in [2.75, 3.05) is 31.2 Å². The zero-order valence-electron chi connectivity index (χ0n) is 13.0. The Morgan fingerprint density at radius 2 is 1.88 bits per heavy atom. The molecule has 1 fully saturated rings. The number of hydrogen-bond acceptors (Lipinski definition) is 4. The Labute approximate surface area is 139 Å². The Morgan fingerprint density at radius 3 is 2.50 bits per heavy atom. The molecule has 5 nitrogen and oxygen atoms in total. The lowest BCUT2D eigenvalue weighted by Crippen LogP contribution is -2.36. The van der Waals surface area contributed by atoms with E-state index in [9.17, 15) is 9.18 Å². The van der Waals surface area contributed by atoms with Gasteiger partial charge in [0.2, 0.25) is 0 Å². The van der Waals surface area contributed by atoms with Crippen molar-refractivity contribution >= 4 is 23.6 Å². The number of hydrogen-bond donors (Lipinski definition) is 1. The normalized spacial score (nSPS) is 15.0. The summed E-state index contributed by atoms with van der Waals surface area (Å²) in [7, 11) is 0. The lowest BCUT2D eigenvalue weighted by atomic mass is 10.2. The van der Waals surface area contributed by atoms with Crippen molar-refractivity contribution < 1.29 is 19.0 Å². The van der Waals surface area contributed by atoms with Gasteiger partial charge in [0, 0.05) is 19.3 Å². The van der Waals surface area contributed by atoms with E-state index in [2.05, 4.69) is 4.99 Å². The zero-order chi connectivity index (χ0) is 16.9. The first-order valence-electron chi connectivity index (χ1n) is 7.63. The number of nitrogens with zero attached hydrogens (tertiary/aromatic N) is 2. The molecule has 0 aromatic heterocycles. The molecule has 1 aliphatic rings. The molecular weight excluding hydrogens is 311 g/mol. The van der Waals surface area contributed by atoms with Gasteiger partial charge in [-0.25, -0.2) is 9.18 Å². The van der Waals surface area contributed by atoms with E-state index in [0.717, 1.165) is 0 Å². The number of morpholine rings is 1. The summed E-state index contributed by atoms with van der Waals surface area (Å²) in [6.45, 7) is 2.57. The molecule has 24 heavy (non-hydrogen) atoms. The second-order valence-corrected chi connectivity index (χ2v) is 5.42. The fourth-order valence-corrected chi connectivity index (χ4v) is 2.50. The average Bonchev–Trinajstić information content (AvgIpc) is 2.61. The fourth-order valence-electron chi connectivity index (χ4n) is 2.50. The van der Waals surface area contributed by atoms with Gasteiger partial charge in [0.25, 0.3) is 0 Å². The van der Waals surface area contributed by atoms with Gasteiger partial charge in [-0.05, 0) is 42.0 Å². The minimum absolute atomic E-state index is 0.204. The van der Waals surface area contributed by atoms with Gasteiger partial charge >= 0.3 is 5.97 Å². The van der Waals surface area contributed by atoms with E-state index in [1.807, 2.05) is 11.0 Å². The van der Waals surface area contributed by atoms with Gasteiger partial charge < -0.3 is 14.7 Å². The Morgan fingerprint density at radius 1 is 1.17 bits per heavy atom. The summed E-state index contributed by atoms with van der Waals surface area (Å²) in [4.78, 5) is 17.0. The van der Waals surface area contributed by atoms with E-state index in [-0.39, 0.29) is 11.4 Å². The van der Waals surface area contributed by atoms with Crippen LogP contribution < -0.4 is 4.90 Å². The maximum atomic E-state index is 14.3. The number of aromatic carboxylic acids is 1. The topological polar surface area (TPSA) is 62.1 Å². The van der Waals surface area contributed by atoms with E-state index < -0.39 is 5.97 Å². The summed E-state index contributed by atoms with van der Waals surface area (Å²) in [6, 6.07) is 11.2. The third-order valence-electron chi connectivity index (χ3n) is 3.80. The van der Waals surface area contributed by atoms with Crippen LogP contribution in [0.25, 0.3) is 0 Å². The van der Waals surface area contributed by atoms with Crippen molar-refractivity contribution in [2.24, 2.45) is 4.99 Å². The number of aliphatic imine (C=N–C) groups is 1. The molecule has 0 aliphatic carbocycles. The Balaban J connectivity index is 1.73. The summed E-state index contributed by atoms with van der Waals surface area (Å²) in [5.74, 6) is -1.27. The third kappa shape index (κ3) is 3.78. The van der Waals surface area contributed by atoms with Gasteiger partial charge in [-0.15, -0.1) is 0 Å². The Hall–Kier alpha value is -2.73. The molecule has 2 aromatic rings. The molecule has 1 N–H and O–H groups in total. The first kappa shape index (κ1) is 16.1. The minimum Gasteiger partial charge on any atom is -0.478 e. The summed E-state index contributed by atoms with van der Waals surface area (Å²) in [5.41, 5.74) is 2.03. The number of ether oxygens (including phenoxy) is 1. The SMILES string of the molecule is O=C(O)c1ccc(N=Cc2ccc(N3CCOCC3)c(F)c2)cc1. The quantitative estimate of drug-likeness (QED) is 0.876. The summed E-state index contributed by atoms with van der Waals surface area (Å²) in [6.07, 6.45) is 1.56. The molecule has 0 unspecified atom stereocenters. The highest BCUT2D eigenvalue weighted by molar-refractivity contribution is 5.88. The van der Waals surface area contributed by atoms with Crippen molar-refractivity contribution in [2.45, 2.75) is 0 Å². The molecule has 6 heteroatoms. The lowest BCUT2D eigenvalue weighted by molar-refractivity contribution is 0.0697. The standard InChI is InChI=1S/C18H17FN2O3/c19-16-11-13(1-6-17(16)21-7-9-24-10-8-21)12-20-15-4-2-14(3-5-15)18(22)23/h1-6,11-12H,7-10H2,(H,22,23). The third-order valence-corrected chi connectivity index (χ3v) is 3.80. The number of halogens is 1. The fraction of sp³-hybridized carbons (Fsp3) is 0.222. The zero-order valence-corrected chi connectivity index (χ0v) is 13.0. The average molecular weight is 328 g/mol. The van der Waals surface area contributed by atoms with E-state index in [1.165, 1.54) is 18.2 Å². The molecule has 0 atom stereocenters. The molecule has 0 amide bonds. The maximum Gasteiger partial charge on any atom is 0.335 e. The minimum atomic E-state index is -0.980. The van der Waals surface area contributed by atoms with Crippen LogP contribution in [0, 0.1) is 5.82 Å². The van der Waals surface area contributed by atoms with Crippen molar-refractivity contribution in [1.29, 1.82) is 0 Å². The molecule has 3 rings (SSSR count). The smallest absolute Gasteiger partial charge is 0.335 e. The predicted octanol–water partition coefficient (Wildman–Crippen LogP) is 3.11. The number of benzene rings is 2. The van der Waals surface area contributed by atoms with Crippen LogP contribution in [0.2, 0.25) is 0 Å². The van der Waals surface area contributed by atoms with Crippen LogP contribution in [0.3, 0.4) is 0 Å². The number of rotatable bonds is 4. The molecule has 0 bridgehead atoms. The molecule has 1 heterocycles. The number of carboxylic acid groups (broad SMARTS) is 1. The molecule has 0 spiro atoms. The lowest BCUT2D eigenvalue weighted by Gasteiger charge is -2.29. The molecule has 2 aromatic carbocycles. The van der Waals surface area contributed by atoms with Gasteiger partial charge in [-0.1, -0.05) is 6.07 Å². The molecule has 1 saturated heterocycles. The highest BCUT2D eigenvalue weighted by atomic mass is 19.1. The van der Waals surface area contributed by atoms with Crippen LogP contribution in [0.1, 0.15) is 15.9 Å². The van der Waals surface area contributed by atoms with Gasteiger partial charge in [0.15, 0.2) is 0 Å². The Bertz CT molecular complexity index is 753. The number of carboxylic acids is 1. The summed E-state index contributed by atoms with van der Waals surface area (Å²) in [5, 5.41) is 8.86. The van der Waals surface area contributed by atoms with Crippen LogP contribution in [-0.2, 0) is 4.74 Å². The van der Waals surface area contributed by atoms with Gasteiger partial charge in [0.05, 0.1) is 30.2 Å². The number of anilines is 1. The second kappa shape index (κ2) is 7.23.